The molecule has 0 saturated heterocycles. The van der Waals surface area contributed by atoms with Gasteiger partial charge >= 0.3 is 5.88 Å². The highest BCUT2D eigenvalue weighted by Gasteiger charge is 2.10. The van der Waals surface area contributed by atoms with E-state index in [4.69, 9.17) is 4.42 Å². The summed E-state index contributed by atoms with van der Waals surface area (Å²) in [5.41, 5.74) is 0.943. The van der Waals surface area contributed by atoms with Gasteiger partial charge in [-0.3, -0.25) is 10.1 Å². The van der Waals surface area contributed by atoms with Crippen molar-refractivity contribution in [2.75, 3.05) is 5.32 Å². The highest BCUT2D eigenvalue weighted by Crippen LogP contribution is 2.29. The van der Waals surface area contributed by atoms with Crippen molar-refractivity contribution in [1.82, 2.24) is 10.2 Å². The van der Waals surface area contributed by atoms with Gasteiger partial charge in [-0.05, 0) is 29.7 Å². The number of aromatic nitrogens is 2. The Labute approximate surface area is 139 Å². The van der Waals surface area contributed by atoms with E-state index >= 15 is 0 Å². The van der Waals surface area contributed by atoms with E-state index in [1.54, 1.807) is 11.5 Å². The normalized spacial score (nSPS) is 11.0. The number of hydrogen-bond acceptors (Lipinski definition) is 8. The molecule has 0 spiro atoms. The first-order valence-electron chi connectivity index (χ1n) is 6.44. The summed E-state index contributed by atoms with van der Waals surface area (Å²) in [5, 5.41) is 24.2. The lowest BCUT2D eigenvalue weighted by Crippen LogP contribution is -1.87. The summed E-state index contributed by atoms with van der Waals surface area (Å²) in [4.78, 5) is 9.95. The monoisotopic (exact) mass is 346 g/mol. The van der Waals surface area contributed by atoms with Crippen molar-refractivity contribution in [2.24, 2.45) is 0 Å². The molecule has 3 aromatic rings. The second-order valence-corrected chi connectivity index (χ2v) is 6.35. The van der Waals surface area contributed by atoms with Gasteiger partial charge in [-0.15, -0.1) is 10.2 Å². The molecule has 23 heavy (non-hydrogen) atoms. The number of thioether (sulfide) groups is 1. The molecule has 7 nitrogen and oxygen atoms in total. The van der Waals surface area contributed by atoms with Crippen molar-refractivity contribution in [3.63, 3.8) is 0 Å². The van der Waals surface area contributed by atoms with Gasteiger partial charge in [-0.1, -0.05) is 41.3 Å². The summed E-state index contributed by atoms with van der Waals surface area (Å²) in [7, 11) is 0. The molecule has 3 rings (SSSR count). The molecule has 0 amide bonds. The van der Waals surface area contributed by atoms with Gasteiger partial charge in [0.15, 0.2) is 4.34 Å². The maximum absolute atomic E-state index is 10.5. The number of anilines is 2. The van der Waals surface area contributed by atoms with E-state index in [9.17, 15) is 10.1 Å². The standard InChI is InChI=1S/C14H10N4O3S2/c19-18(20)12-7-6-11(21-12)8-9-22-14-17-16-13(23-14)15-10-4-2-1-3-5-10/h1-9H,(H,15,16)/b9-8+. The molecule has 0 bridgehead atoms. The average Bonchev–Trinajstić information content (AvgIpc) is 3.18. The minimum atomic E-state index is -0.573. The molecule has 0 aliphatic carbocycles. The van der Waals surface area contributed by atoms with Crippen molar-refractivity contribution in [3.8, 4) is 0 Å². The zero-order valence-electron chi connectivity index (χ0n) is 11.6. The topological polar surface area (TPSA) is 94.1 Å². The van der Waals surface area contributed by atoms with Crippen LogP contribution in [0.5, 0.6) is 0 Å². The summed E-state index contributed by atoms with van der Waals surface area (Å²) < 4.78 is 5.77. The molecule has 0 aliphatic heterocycles. The van der Waals surface area contributed by atoms with Crippen LogP contribution in [0, 0.1) is 10.1 Å². The van der Waals surface area contributed by atoms with Gasteiger partial charge in [0.25, 0.3) is 0 Å². The predicted octanol–water partition coefficient (Wildman–Crippen LogP) is 4.55. The highest BCUT2D eigenvalue weighted by atomic mass is 32.2. The van der Waals surface area contributed by atoms with Crippen LogP contribution in [0.25, 0.3) is 6.08 Å². The van der Waals surface area contributed by atoms with E-state index in [2.05, 4.69) is 15.5 Å². The largest absolute Gasteiger partial charge is 0.433 e. The van der Waals surface area contributed by atoms with Crippen LogP contribution in [0.15, 0.2) is 56.6 Å². The van der Waals surface area contributed by atoms with E-state index < -0.39 is 4.92 Å². The van der Waals surface area contributed by atoms with Crippen LogP contribution in [0.4, 0.5) is 16.7 Å². The summed E-state index contributed by atoms with van der Waals surface area (Å²) >= 11 is 2.77. The van der Waals surface area contributed by atoms with Gasteiger partial charge in [0.1, 0.15) is 10.7 Å². The summed E-state index contributed by atoms with van der Waals surface area (Å²) in [6, 6.07) is 12.6. The van der Waals surface area contributed by atoms with Crippen molar-refractivity contribution in [3.05, 3.63) is 63.7 Å². The van der Waals surface area contributed by atoms with E-state index in [1.165, 1.54) is 35.2 Å². The molecule has 0 saturated carbocycles. The maximum Gasteiger partial charge on any atom is 0.433 e. The van der Waals surface area contributed by atoms with Gasteiger partial charge in [0.05, 0.1) is 6.07 Å². The summed E-state index contributed by atoms with van der Waals surface area (Å²) in [6.07, 6.45) is 1.64. The second-order valence-electron chi connectivity index (χ2n) is 4.22. The molecule has 2 aromatic heterocycles. The Morgan fingerprint density at radius 3 is 2.78 bits per heavy atom. The Bertz CT molecular complexity index is 829. The molecule has 9 heteroatoms. The Morgan fingerprint density at radius 2 is 2.04 bits per heavy atom. The molecule has 2 heterocycles. The van der Waals surface area contributed by atoms with Crippen molar-refractivity contribution < 1.29 is 9.34 Å². The smallest absolute Gasteiger partial charge is 0.401 e. The van der Waals surface area contributed by atoms with E-state index in [0.717, 1.165) is 10.0 Å². The third-order valence-electron chi connectivity index (χ3n) is 2.63. The zero-order chi connectivity index (χ0) is 16.1. The van der Waals surface area contributed by atoms with Crippen LogP contribution in [-0.2, 0) is 0 Å². The number of rotatable bonds is 6. The third kappa shape index (κ3) is 4.18. The van der Waals surface area contributed by atoms with E-state index in [-0.39, 0.29) is 5.88 Å². The van der Waals surface area contributed by atoms with Gasteiger partial charge in [-0.25, -0.2) is 0 Å². The number of benzene rings is 1. The fourth-order valence-electron chi connectivity index (χ4n) is 1.64. The number of para-hydroxylation sites is 1. The molecule has 116 valence electrons. The van der Waals surface area contributed by atoms with Crippen LogP contribution >= 0.6 is 23.1 Å². The first kappa shape index (κ1) is 15.3. The lowest BCUT2D eigenvalue weighted by molar-refractivity contribution is -0.402. The molecular formula is C14H10N4O3S2. The van der Waals surface area contributed by atoms with Gasteiger partial charge in [0, 0.05) is 5.69 Å². The first-order valence-corrected chi connectivity index (χ1v) is 8.13. The minimum Gasteiger partial charge on any atom is -0.401 e. The fraction of sp³-hybridized carbons (Fsp3) is 0. The molecule has 0 unspecified atom stereocenters. The molecule has 0 atom stereocenters. The fourth-order valence-corrected chi connectivity index (χ4v) is 3.14. The Hall–Kier alpha value is -2.65. The lowest BCUT2D eigenvalue weighted by Gasteiger charge is -1.99. The number of furan rings is 1. The van der Waals surface area contributed by atoms with Crippen molar-refractivity contribution in [2.45, 2.75) is 4.34 Å². The summed E-state index contributed by atoms with van der Waals surface area (Å²) in [6.45, 7) is 0. The number of nitrogens with zero attached hydrogens (tertiary/aromatic N) is 3. The summed E-state index contributed by atoms with van der Waals surface area (Å²) in [5.74, 6) is 0.135. The quantitative estimate of drug-likeness (QED) is 0.397. The second kappa shape index (κ2) is 7.07. The highest BCUT2D eigenvalue weighted by molar-refractivity contribution is 8.03. The Balaban J connectivity index is 1.58. The van der Waals surface area contributed by atoms with Crippen LogP contribution < -0.4 is 5.32 Å². The van der Waals surface area contributed by atoms with Gasteiger partial charge < -0.3 is 9.73 Å². The number of hydrogen-bond donors (Lipinski definition) is 1. The molecule has 0 fully saturated rings. The predicted molar refractivity (Wildman–Crippen MR) is 89.9 cm³/mol. The van der Waals surface area contributed by atoms with Crippen LogP contribution in [-0.4, -0.2) is 15.1 Å². The first-order chi connectivity index (χ1) is 11.2. The average molecular weight is 346 g/mol. The van der Waals surface area contributed by atoms with E-state index in [1.807, 2.05) is 30.3 Å². The van der Waals surface area contributed by atoms with Crippen LogP contribution in [0.3, 0.4) is 0 Å². The third-order valence-corrected chi connectivity index (χ3v) is 4.35. The maximum atomic E-state index is 10.5. The Morgan fingerprint density at radius 1 is 1.22 bits per heavy atom. The molecule has 1 aromatic carbocycles. The lowest BCUT2D eigenvalue weighted by atomic mass is 10.3. The van der Waals surface area contributed by atoms with Gasteiger partial charge in [0.2, 0.25) is 5.13 Å². The zero-order valence-corrected chi connectivity index (χ0v) is 13.2. The molecular weight excluding hydrogens is 336 g/mol. The minimum absolute atomic E-state index is 0.278. The van der Waals surface area contributed by atoms with Gasteiger partial charge in [-0.2, -0.15) is 0 Å². The van der Waals surface area contributed by atoms with Crippen molar-refractivity contribution in [1.29, 1.82) is 0 Å². The molecule has 1 N–H and O–H groups in total. The molecule has 0 radical (unpaired) electrons. The van der Waals surface area contributed by atoms with Crippen LogP contribution in [0.1, 0.15) is 5.76 Å². The van der Waals surface area contributed by atoms with Crippen LogP contribution in [0.2, 0.25) is 0 Å². The van der Waals surface area contributed by atoms with E-state index in [0.29, 0.717) is 10.9 Å². The SMILES string of the molecule is O=[N+]([O-])c1ccc(/C=C/Sc2nnc(Nc3ccccc3)s2)o1. The Kier molecular flexibility index (Phi) is 4.69. The van der Waals surface area contributed by atoms with Crippen molar-refractivity contribution >= 4 is 45.9 Å². The number of nitrogens with one attached hydrogen (secondary N) is 1. The molecule has 0 aliphatic rings. The number of nitro groups is 1.